The molecule has 0 spiro atoms. The van der Waals surface area contributed by atoms with E-state index in [2.05, 4.69) is 21.2 Å². The number of amides is 1. The molecule has 1 aromatic rings. The highest BCUT2D eigenvalue weighted by molar-refractivity contribution is 6.30. The molecule has 1 aromatic carbocycles. The minimum atomic E-state index is -0.0433. The number of carbonyl (C=O) groups excluding carboxylic acids is 1. The molecule has 1 heterocycles. The molecule has 1 aliphatic heterocycles. The number of piperazine rings is 1. The minimum Gasteiger partial charge on any atom is -0.355 e. The number of nitrogens with zero attached hydrogens (tertiary/aromatic N) is 2. The Morgan fingerprint density at radius 3 is 2.67 bits per heavy atom. The van der Waals surface area contributed by atoms with Crippen molar-refractivity contribution in [2.75, 3.05) is 32.7 Å². The summed E-state index contributed by atoms with van der Waals surface area (Å²) < 4.78 is 0. The molecule has 21 heavy (non-hydrogen) atoms. The van der Waals surface area contributed by atoms with Gasteiger partial charge in [0.2, 0.25) is 5.91 Å². The Morgan fingerprint density at radius 1 is 1.33 bits per heavy atom. The smallest absolute Gasteiger partial charge is 0.237 e. The molecule has 1 aliphatic rings. The van der Waals surface area contributed by atoms with Crippen LogP contribution in [0, 0.1) is 0 Å². The van der Waals surface area contributed by atoms with Crippen LogP contribution in [0.2, 0.25) is 5.02 Å². The fourth-order valence-electron chi connectivity index (χ4n) is 2.69. The summed E-state index contributed by atoms with van der Waals surface area (Å²) in [6, 6.07) is 7.97. The highest BCUT2D eigenvalue weighted by atomic mass is 35.5. The van der Waals surface area contributed by atoms with E-state index in [-0.39, 0.29) is 11.9 Å². The molecular weight excluding hydrogens is 286 g/mol. The van der Waals surface area contributed by atoms with Crippen molar-refractivity contribution in [3.63, 3.8) is 0 Å². The van der Waals surface area contributed by atoms with Crippen LogP contribution in [-0.4, -0.2) is 54.5 Å². The first kappa shape index (κ1) is 16.3. The summed E-state index contributed by atoms with van der Waals surface area (Å²) in [5.74, 6) is 0.126. The number of benzene rings is 1. The standard InChI is InChI=1S/C16H24ClN3O/c1-3-18-16(21)13(2)20-9-7-19(8-10-20)12-14-5-4-6-15(17)11-14/h4-6,11,13H,3,7-10,12H2,1-2H3,(H,18,21)/t13-/m0/s1. The average Bonchev–Trinajstić information content (AvgIpc) is 2.47. The molecule has 5 heteroatoms. The van der Waals surface area contributed by atoms with Crippen molar-refractivity contribution in [1.29, 1.82) is 0 Å². The second-order valence-electron chi connectivity index (χ2n) is 5.51. The molecule has 0 aliphatic carbocycles. The van der Waals surface area contributed by atoms with Crippen molar-refractivity contribution in [3.8, 4) is 0 Å². The molecule has 0 radical (unpaired) electrons. The van der Waals surface area contributed by atoms with Crippen LogP contribution in [-0.2, 0) is 11.3 Å². The van der Waals surface area contributed by atoms with E-state index in [0.29, 0.717) is 6.54 Å². The molecule has 1 saturated heterocycles. The predicted octanol–water partition coefficient (Wildman–Crippen LogP) is 1.98. The molecule has 1 N–H and O–H groups in total. The van der Waals surface area contributed by atoms with Gasteiger partial charge in [-0.25, -0.2) is 0 Å². The van der Waals surface area contributed by atoms with E-state index in [9.17, 15) is 4.79 Å². The molecule has 116 valence electrons. The van der Waals surface area contributed by atoms with E-state index in [0.717, 1.165) is 37.7 Å². The van der Waals surface area contributed by atoms with Crippen LogP contribution in [0.1, 0.15) is 19.4 Å². The van der Waals surface area contributed by atoms with Crippen LogP contribution in [0.5, 0.6) is 0 Å². The average molecular weight is 310 g/mol. The number of hydrogen-bond donors (Lipinski definition) is 1. The van der Waals surface area contributed by atoms with Gasteiger partial charge in [-0.2, -0.15) is 0 Å². The third-order valence-corrected chi connectivity index (χ3v) is 4.22. The lowest BCUT2D eigenvalue weighted by Gasteiger charge is -2.37. The van der Waals surface area contributed by atoms with Gasteiger partial charge in [-0.3, -0.25) is 14.6 Å². The Morgan fingerprint density at radius 2 is 2.05 bits per heavy atom. The van der Waals surface area contributed by atoms with Crippen molar-refractivity contribution in [1.82, 2.24) is 15.1 Å². The van der Waals surface area contributed by atoms with Gasteiger partial charge in [0.15, 0.2) is 0 Å². The lowest BCUT2D eigenvalue weighted by Crippen LogP contribution is -2.53. The molecule has 1 fully saturated rings. The third-order valence-electron chi connectivity index (χ3n) is 3.98. The van der Waals surface area contributed by atoms with Crippen LogP contribution in [0.4, 0.5) is 0 Å². The van der Waals surface area contributed by atoms with E-state index in [4.69, 9.17) is 11.6 Å². The monoisotopic (exact) mass is 309 g/mol. The zero-order chi connectivity index (χ0) is 15.2. The zero-order valence-electron chi connectivity index (χ0n) is 12.8. The van der Waals surface area contributed by atoms with Crippen molar-refractivity contribution in [3.05, 3.63) is 34.9 Å². The van der Waals surface area contributed by atoms with E-state index < -0.39 is 0 Å². The highest BCUT2D eigenvalue weighted by Gasteiger charge is 2.25. The summed E-state index contributed by atoms with van der Waals surface area (Å²) in [4.78, 5) is 16.5. The highest BCUT2D eigenvalue weighted by Crippen LogP contribution is 2.14. The molecule has 0 unspecified atom stereocenters. The number of carbonyl (C=O) groups is 1. The lowest BCUT2D eigenvalue weighted by atomic mass is 10.1. The molecule has 1 atom stereocenters. The zero-order valence-corrected chi connectivity index (χ0v) is 13.6. The molecule has 0 bridgehead atoms. The maximum Gasteiger partial charge on any atom is 0.237 e. The number of likely N-dealkylation sites (N-methyl/N-ethyl adjacent to an activating group) is 1. The van der Waals surface area contributed by atoms with Crippen LogP contribution in [0.3, 0.4) is 0 Å². The molecule has 4 nitrogen and oxygen atoms in total. The van der Waals surface area contributed by atoms with Gasteiger partial charge in [0.1, 0.15) is 0 Å². The normalized spacial score (nSPS) is 18.4. The second-order valence-corrected chi connectivity index (χ2v) is 5.95. The minimum absolute atomic E-state index is 0.0433. The van der Waals surface area contributed by atoms with Crippen LogP contribution < -0.4 is 5.32 Å². The fraction of sp³-hybridized carbons (Fsp3) is 0.562. The molecule has 1 amide bonds. The van der Waals surface area contributed by atoms with Gasteiger partial charge >= 0.3 is 0 Å². The van der Waals surface area contributed by atoms with Gasteiger partial charge in [0, 0.05) is 44.3 Å². The lowest BCUT2D eigenvalue weighted by molar-refractivity contribution is -0.126. The Balaban J connectivity index is 1.81. The van der Waals surface area contributed by atoms with Gasteiger partial charge < -0.3 is 5.32 Å². The Kier molecular flexibility index (Phi) is 6.03. The van der Waals surface area contributed by atoms with Gasteiger partial charge in [-0.15, -0.1) is 0 Å². The van der Waals surface area contributed by atoms with Crippen LogP contribution in [0.15, 0.2) is 24.3 Å². The van der Waals surface area contributed by atoms with Crippen molar-refractivity contribution < 1.29 is 4.79 Å². The number of nitrogens with one attached hydrogen (secondary N) is 1. The summed E-state index contributed by atoms with van der Waals surface area (Å²) in [6.07, 6.45) is 0. The maximum absolute atomic E-state index is 11.9. The SMILES string of the molecule is CCNC(=O)[C@H](C)N1CCN(Cc2cccc(Cl)c2)CC1. The summed E-state index contributed by atoms with van der Waals surface area (Å²) in [6.45, 7) is 9.37. The van der Waals surface area contributed by atoms with Crippen molar-refractivity contribution in [2.45, 2.75) is 26.4 Å². The Hall–Kier alpha value is -1.10. The number of hydrogen-bond acceptors (Lipinski definition) is 3. The Labute approximate surface area is 132 Å². The van der Waals surface area contributed by atoms with E-state index in [1.165, 1.54) is 5.56 Å². The topological polar surface area (TPSA) is 35.6 Å². The maximum atomic E-state index is 11.9. The van der Waals surface area contributed by atoms with Gasteiger partial charge in [-0.05, 0) is 31.5 Å². The first-order valence-corrected chi connectivity index (χ1v) is 7.96. The third kappa shape index (κ3) is 4.70. The summed E-state index contributed by atoms with van der Waals surface area (Å²) in [5, 5.41) is 3.68. The summed E-state index contributed by atoms with van der Waals surface area (Å²) >= 11 is 6.02. The van der Waals surface area contributed by atoms with Gasteiger partial charge in [0.05, 0.1) is 6.04 Å². The summed E-state index contributed by atoms with van der Waals surface area (Å²) in [5.41, 5.74) is 1.24. The van der Waals surface area contributed by atoms with E-state index in [1.54, 1.807) is 0 Å². The largest absolute Gasteiger partial charge is 0.355 e. The number of rotatable bonds is 5. The quantitative estimate of drug-likeness (QED) is 0.903. The summed E-state index contributed by atoms with van der Waals surface area (Å²) in [7, 11) is 0. The van der Waals surface area contributed by atoms with Crippen LogP contribution >= 0.6 is 11.6 Å². The Bertz CT molecular complexity index is 472. The van der Waals surface area contributed by atoms with Crippen molar-refractivity contribution in [2.24, 2.45) is 0 Å². The molecule has 0 saturated carbocycles. The van der Waals surface area contributed by atoms with Gasteiger partial charge in [0.25, 0.3) is 0 Å². The van der Waals surface area contributed by atoms with Gasteiger partial charge in [-0.1, -0.05) is 23.7 Å². The number of halogens is 1. The first-order chi connectivity index (χ1) is 10.1. The molecule has 0 aromatic heterocycles. The molecule has 2 rings (SSSR count). The van der Waals surface area contributed by atoms with Crippen molar-refractivity contribution >= 4 is 17.5 Å². The van der Waals surface area contributed by atoms with E-state index >= 15 is 0 Å². The van der Waals surface area contributed by atoms with Crippen LogP contribution in [0.25, 0.3) is 0 Å². The van der Waals surface area contributed by atoms with E-state index in [1.807, 2.05) is 32.0 Å². The second kappa shape index (κ2) is 7.78. The predicted molar refractivity (Wildman–Crippen MR) is 86.4 cm³/mol. The fourth-order valence-corrected chi connectivity index (χ4v) is 2.90. The first-order valence-electron chi connectivity index (χ1n) is 7.58. The molecular formula is C16H24ClN3O.